The first-order valence-electron chi connectivity index (χ1n) is 13.7. The molecule has 3 aliphatic heterocycles. The molecule has 0 aliphatic carbocycles. The lowest BCUT2D eigenvalue weighted by atomic mass is 9.84. The number of nitrogens with one attached hydrogen (secondary N) is 1. The van der Waals surface area contributed by atoms with E-state index >= 15 is 0 Å². The molecule has 1 spiro atoms. The number of benzene rings is 2. The first kappa shape index (κ1) is 26.2. The largest absolute Gasteiger partial charge is 0.339 e. The van der Waals surface area contributed by atoms with E-state index in [4.69, 9.17) is 0 Å². The smallest absolute Gasteiger partial charge is 0.253 e. The molecular formula is C30H39N5O3. The van der Waals surface area contributed by atoms with Gasteiger partial charge in [0.05, 0.1) is 6.67 Å². The number of piperidine rings is 1. The van der Waals surface area contributed by atoms with E-state index in [-0.39, 0.29) is 29.7 Å². The topological polar surface area (TPSA) is 76.2 Å². The summed E-state index contributed by atoms with van der Waals surface area (Å²) in [5, 5.41) is 3.27. The van der Waals surface area contributed by atoms with Crippen molar-refractivity contribution in [2.24, 2.45) is 0 Å². The summed E-state index contributed by atoms with van der Waals surface area (Å²) >= 11 is 0. The molecule has 202 valence electrons. The van der Waals surface area contributed by atoms with Gasteiger partial charge in [0.2, 0.25) is 5.91 Å². The second kappa shape index (κ2) is 10.4. The van der Waals surface area contributed by atoms with Crippen molar-refractivity contribution in [1.29, 1.82) is 0 Å². The zero-order valence-corrected chi connectivity index (χ0v) is 22.8. The summed E-state index contributed by atoms with van der Waals surface area (Å²) in [5.74, 6) is -0.00884. The third kappa shape index (κ3) is 5.01. The zero-order chi connectivity index (χ0) is 26.9. The lowest BCUT2D eigenvalue weighted by Gasteiger charge is -2.43. The Balaban J connectivity index is 1.32. The minimum absolute atomic E-state index is 0.00255. The van der Waals surface area contributed by atoms with Crippen molar-refractivity contribution in [2.75, 3.05) is 57.4 Å². The monoisotopic (exact) mass is 517 g/mol. The zero-order valence-electron chi connectivity index (χ0n) is 22.8. The number of likely N-dealkylation sites (tertiary alicyclic amines) is 1. The standard InChI is InChI=1S/C30H39N5O3/c1-29(2,3)24-11-9-23(10-12-24)27(37)33-17-13-30(14-18-33)28(38)34(21-26(36)32-19-15-31-16-20-32)22-35(30)25-7-5-4-6-8-25/h4-12,31H,13-22H2,1-3H3. The number of para-hydroxylation sites is 1. The second-order valence-corrected chi connectivity index (χ2v) is 11.7. The van der Waals surface area contributed by atoms with Crippen LogP contribution in [0.2, 0.25) is 0 Å². The van der Waals surface area contributed by atoms with Crippen molar-refractivity contribution in [3.63, 3.8) is 0 Å². The SMILES string of the molecule is CC(C)(C)c1ccc(C(=O)N2CCC3(CC2)C(=O)N(CC(=O)N2CCNCC2)CN3c2ccccc2)cc1. The van der Waals surface area contributed by atoms with Crippen LogP contribution in [0, 0.1) is 0 Å². The van der Waals surface area contributed by atoms with Crippen molar-refractivity contribution in [3.05, 3.63) is 65.7 Å². The minimum Gasteiger partial charge on any atom is -0.339 e. The van der Waals surface area contributed by atoms with Crippen LogP contribution in [0.5, 0.6) is 0 Å². The molecule has 2 aromatic rings. The third-order valence-corrected chi connectivity index (χ3v) is 8.25. The number of amides is 3. The van der Waals surface area contributed by atoms with E-state index in [0.717, 1.165) is 18.8 Å². The van der Waals surface area contributed by atoms with Crippen molar-refractivity contribution >= 4 is 23.4 Å². The van der Waals surface area contributed by atoms with Crippen LogP contribution in [0.3, 0.4) is 0 Å². The molecule has 3 fully saturated rings. The number of carbonyl (C=O) groups is 3. The van der Waals surface area contributed by atoms with Gasteiger partial charge in [0.15, 0.2) is 0 Å². The highest BCUT2D eigenvalue weighted by Gasteiger charge is 2.54. The summed E-state index contributed by atoms with van der Waals surface area (Å²) in [4.78, 5) is 47.9. The fourth-order valence-corrected chi connectivity index (χ4v) is 5.87. The average molecular weight is 518 g/mol. The molecule has 3 aliphatic rings. The van der Waals surface area contributed by atoms with E-state index in [1.54, 1.807) is 4.90 Å². The predicted octanol–water partition coefficient (Wildman–Crippen LogP) is 2.70. The van der Waals surface area contributed by atoms with Gasteiger partial charge in [0, 0.05) is 50.5 Å². The lowest BCUT2D eigenvalue weighted by Crippen LogP contribution is -2.57. The molecule has 1 N–H and O–H groups in total. The van der Waals surface area contributed by atoms with Crippen LogP contribution in [-0.4, -0.2) is 90.4 Å². The minimum atomic E-state index is -0.752. The summed E-state index contributed by atoms with van der Waals surface area (Å²) < 4.78 is 0. The molecule has 0 aromatic heterocycles. The molecule has 0 atom stereocenters. The Hall–Kier alpha value is -3.39. The molecule has 38 heavy (non-hydrogen) atoms. The maximum atomic E-state index is 14.0. The molecule has 5 rings (SSSR count). The maximum Gasteiger partial charge on any atom is 0.253 e. The number of rotatable bonds is 4. The van der Waals surface area contributed by atoms with Gasteiger partial charge in [-0.1, -0.05) is 51.1 Å². The molecule has 3 amide bonds. The Morgan fingerprint density at radius 3 is 2.11 bits per heavy atom. The van der Waals surface area contributed by atoms with Crippen LogP contribution in [0.15, 0.2) is 54.6 Å². The van der Waals surface area contributed by atoms with Crippen LogP contribution >= 0.6 is 0 Å². The van der Waals surface area contributed by atoms with E-state index in [2.05, 4.69) is 31.0 Å². The number of carbonyl (C=O) groups excluding carboxylic acids is 3. The van der Waals surface area contributed by atoms with Crippen molar-refractivity contribution in [2.45, 2.75) is 44.6 Å². The van der Waals surface area contributed by atoms with Gasteiger partial charge in [0.25, 0.3) is 11.8 Å². The molecular weight excluding hydrogens is 478 g/mol. The molecule has 2 aromatic carbocycles. The van der Waals surface area contributed by atoms with Gasteiger partial charge in [-0.05, 0) is 48.1 Å². The second-order valence-electron chi connectivity index (χ2n) is 11.7. The summed E-state index contributed by atoms with van der Waals surface area (Å²) in [6, 6.07) is 17.8. The van der Waals surface area contributed by atoms with Crippen LogP contribution in [-0.2, 0) is 15.0 Å². The molecule has 8 nitrogen and oxygen atoms in total. The van der Waals surface area contributed by atoms with Crippen LogP contribution < -0.4 is 10.2 Å². The fraction of sp³-hybridized carbons (Fsp3) is 0.500. The van der Waals surface area contributed by atoms with Crippen molar-refractivity contribution < 1.29 is 14.4 Å². The highest BCUT2D eigenvalue weighted by Crippen LogP contribution is 2.39. The summed E-state index contributed by atoms with van der Waals surface area (Å²) in [6.07, 6.45) is 1.07. The molecule has 0 bridgehead atoms. The Kier molecular flexibility index (Phi) is 7.18. The molecule has 3 saturated heterocycles. The third-order valence-electron chi connectivity index (χ3n) is 8.25. The van der Waals surface area contributed by atoms with Crippen molar-refractivity contribution in [1.82, 2.24) is 20.0 Å². The van der Waals surface area contributed by atoms with E-state index < -0.39 is 5.54 Å². The van der Waals surface area contributed by atoms with Gasteiger partial charge in [-0.15, -0.1) is 0 Å². The van der Waals surface area contributed by atoms with Crippen LogP contribution in [0.4, 0.5) is 5.69 Å². The number of hydrogen-bond donors (Lipinski definition) is 1. The first-order chi connectivity index (χ1) is 18.2. The molecule has 0 radical (unpaired) electrons. The van der Waals surface area contributed by atoms with Gasteiger partial charge in [0.1, 0.15) is 12.1 Å². The Morgan fingerprint density at radius 2 is 1.50 bits per heavy atom. The van der Waals surface area contributed by atoms with Gasteiger partial charge in [-0.2, -0.15) is 0 Å². The Bertz CT molecular complexity index is 1160. The Labute approximate surface area is 225 Å². The first-order valence-corrected chi connectivity index (χ1v) is 13.7. The molecule has 3 heterocycles. The normalized spacial score (nSPS) is 19.8. The number of nitrogens with zero attached hydrogens (tertiary/aromatic N) is 4. The van der Waals surface area contributed by atoms with E-state index in [1.807, 2.05) is 64.4 Å². The van der Waals surface area contributed by atoms with Gasteiger partial charge < -0.3 is 24.9 Å². The average Bonchev–Trinajstić information content (AvgIpc) is 3.19. The van der Waals surface area contributed by atoms with E-state index in [9.17, 15) is 14.4 Å². The number of anilines is 1. The fourth-order valence-electron chi connectivity index (χ4n) is 5.87. The van der Waals surface area contributed by atoms with E-state index in [0.29, 0.717) is 51.3 Å². The maximum absolute atomic E-state index is 14.0. The quantitative estimate of drug-likeness (QED) is 0.675. The molecule has 8 heteroatoms. The predicted molar refractivity (Wildman–Crippen MR) is 148 cm³/mol. The van der Waals surface area contributed by atoms with Gasteiger partial charge >= 0.3 is 0 Å². The Morgan fingerprint density at radius 1 is 0.868 bits per heavy atom. The number of piperazine rings is 1. The van der Waals surface area contributed by atoms with Gasteiger partial charge in [-0.25, -0.2) is 0 Å². The van der Waals surface area contributed by atoms with Crippen molar-refractivity contribution in [3.8, 4) is 0 Å². The number of hydrogen-bond acceptors (Lipinski definition) is 5. The molecule has 0 unspecified atom stereocenters. The van der Waals surface area contributed by atoms with Crippen LogP contribution in [0.25, 0.3) is 0 Å². The lowest BCUT2D eigenvalue weighted by molar-refractivity contribution is -0.141. The van der Waals surface area contributed by atoms with E-state index in [1.165, 1.54) is 5.56 Å². The summed E-state index contributed by atoms with van der Waals surface area (Å²) in [6.45, 7) is 10.8. The summed E-state index contributed by atoms with van der Waals surface area (Å²) in [7, 11) is 0. The van der Waals surface area contributed by atoms with Gasteiger partial charge in [-0.3, -0.25) is 14.4 Å². The van der Waals surface area contributed by atoms with Crippen LogP contribution in [0.1, 0.15) is 49.5 Å². The molecule has 0 saturated carbocycles. The summed E-state index contributed by atoms with van der Waals surface area (Å²) in [5.41, 5.74) is 2.11. The highest BCUT2D eigenvalue weighted by molar-refractivity contribution is 5.97. The highest BCUT2D eigenvalue weighted by atomic mass is 16.2.